The van der Waals surface area contributed by atoms with Crippen molar-refractivity contribution in [2.75, 3.05) is 26.8 Å². The van der Waals surface area contributed by atoms with Crippen LogP contribution >= 0.6 is 0 Å². The lowest BCUT2D eigenvalue weighted by Gasteiger charge is -2.14. The van der Waals surface area contributed by atoms with E-state index in [2.05, 4.69) is 15.4 Å². The Bertz CT molecular complexity index is 665. The summed E-state index contributed by atoms with van der Waals surface area (Å²) in [7, 11) is 1.29. The first-order valence-electron chi connectivity index (χ1n) is 9.12. The quantitative estimate of drug-likeness (QED) is 0.406. The summed E-state index contributed by atoms with van der Waals surface area (Å²) in [6.07, 6.45) is 2.21. The van der Waals surface area contributed by atoms with E-state index in [-0.39, 0.29) is 30.8 Å². The first-order chi connectivity index (χ1) is 13.0. The summed E-state index contributed by atoms with van der Waals surface area (Å²) >= 11 is 0. The molecule has 27 heavy (non-hydrogen) atoms. The van der Waals surface area contributed by atoms with E-state index < -0.39 is 11.9 Å². The molecule has 148 valence electrons. The molecule has 2 atom stereocenters. The zero-order valence-electron chi connectivity index (χ0n) is 15.5. The van der Waals surface area contributed by atoms with E-state index >= 15 is 0 Å². The Morgan fingerprint density at radius 3 is 2.81 bits per heavy atom. The number of methoxy groups -OCH3 is 1. The number of hydrogen-bond acceptors (Lipinski definition) is 6. The predicted molar refractivity (Wildman–Crippen MR) is 99.2 cm³/mol. The van der Waals surface area contributed by atoms with Gasteiger partial charge in [-0.15, -0.1) is 0 Å². The number of carbonyl (C=O) groups excluding carboxylic acids is 3. The second kappa shape index (κ2) is 10.5. The van der Waals surface area contributed by atoms with Crippen molar-refractivity contribution in [1.82, 2.24) is 10.6 Å². The third kappa shape index (κ3) is 6.25. The molecule has 8 nitrogen and oxygen atoms in total. The van der Waals surface area contributed by atoms with Gasteiger partial charge in [-0.3, -0.25) is 14.4 Å². The fourth-order valence-corrected chi connectivity index (χ4v) is 2.94. The molecular formula is C19H27N3O5. The van der Waals surface area contributed by atoms with Gasteiger partial charge in [0.1, 0.15) is 5.75 Å². The maximum atomic E-state index is 12.5. The van der Waals surface area contributed by atoms with Crippen molar-refractivity contribution in [2.45, 2.75) is 31.7 Å². The van der Waals surface area contributed by atoms with Crippen LogP contribution in [0.2, 0.25) is 0 Å². The van der Waals surface area contributed by atoms with Gasteiger partial charge in [0.2, 0.25) is 5.91 Å². The first-order valence-corrected chi connectivity index (χ1v) is 9.12. The van der Waals surface area contributed by atoms with Crippen molar-refractivity contribution in [2.24, 2.45) is 11.7 Å². The van der Waals surface area contributed by atoms with Gasteiger partial charge in [-0.25, -0.2) is 0 Å². The summed E-state index contributed by atoms with van der Waals surface area (Å²) in [5, 5.41) is 5.62. The van der Waals surface area contributed by atoms with Crippen molar-refractivity contribution in [1.29, 1.82) is 0 Å². The molecule has 0 spiro atoms. The zero-order chi connectivity index (χ0) is 19.6. The van der Waals surface area contributed by atoms with Crippen LogP contribution in [0.3, 0.4) is 0 Å². The molecule has 1 aromatic rings. The normalized spacial score (nSPS) is 18.7. The van der Waals surface area contributed by atoms with Gasteiger partial charge < -0.3 is 25.8 Å². The Morgan fingerprint density at radius 1 is 1.30 bits per heavy atom. The van der Waals surface area contributed by atoms with Crippen molar-refractivity contribution < 1.29 is 23.9 Å². The Morgan fingerprint density at radius 2 is 2.07 bits per heavy atom. The Kier molecular flexibility index (Phi) is 8.06. The van der Waals surface area contributed by atoms with Crippen LogP contribution in [0.15, 0.2) is 24.3 Å². The molecule has 0 radical (unpaired) electrons. The van der Waals surface area contributed by atoms with Gasteiger partial charge in [0.05, 0.1) is 31.6 Å². The lowest BCUT2D eigenvalue weighted by molar-refractivity contribution is -0.143. The number of nitrogens with one attached hydrogen (secondary N) is 2. The Balaban J connectivity index is 1.85. The van der Waals surface area contributed by atoms with Gasteiger partial charge >= 0.3 is 5.97 Å². The molecule has 0 aliphatic carbocycles. The average Bonchev–Trinajstić information content (AvgIpc) is 3.02. The van der Waals surface area contributed by atoms with E-state index in [0.29, 0.717) is 30.9 Å². The Hall–Kier alpha value is -2.61. The predicted octanol–water partition coefficient (Wildman–Crippen LogP) is 0.602. The number of carbonyl (C=O) groups is 3. The summed E-state index contributed by atoms with van der Waals surface area (Å²) in [5.41, 5.74) is 5.91. The van der Waals surface area contributed by atoms with Crippen LogP contribution in [-0.2, 0) is 14.3 Å². The number of nitrogens with two attached hydrogens (primary N) is 1. The number of ether oxygens (including phenoxy) is 2. The van der Waals surface area contributed by atoms with Crippen LogP contribution in [0.5, 0.6) is 5.75 Å². The third-order valence-corrected chi connectivity index (χ3v) is 4.42. The number of hydrogen-bond donors (Lipinski definition) is 3. The molecule has 1 aliphatic heterocycles. The number of rotatable bonds is 10. The van der Waals surface area contributed by atoms with Gasteiger partial charge in [-0.05, 0) is 37.9 Å². The molecular weight excluding hydrogens is 350 g/mol. The van der Waals surface area contributed by atoms with E-state index in [4.69, 9.17) is 10.5 Å². The standard InChI is InChI=1S/C19H27N3O5/c1-26-17(23)11-13-10-14(22-18(13)24)12-21-19(25)15-6-2-3-7-16(15)27-9-5-4-8-20/h2-3,6-7,13-14H,4-5,8-12,20H2,1H3,(H,21,25)(H,22,24)/t13-,14-/m0/s1. The van der Waals surface area contributed by atoms with E-state index in [9.17, 15) is 14.4 Å². The Labute approximate surface area is 158 Å². The van der Waals surface area contributed by atoms with E-state index in [1.807, 2.05) is 6.07 Å². The molecule has 0 unspecified atom stereocenters. The van der Waals surface area contributed by atoms with E-state index in [0.717, 1.165) is 12.8 Å². The minimum Gasteiger partial charge on any atom is -0.493 e. The highest BCUT2D eigenvalue weighted by molar-refractivity contribution is 5.97. The molecule has 0 saturated carbocycles. The first kappa shape index (κ1) is 20.7. The smallest absolute Gasteiger partial charge is 0.306 e. The van der Waals surface area contributed by atoms with Crippen molar-refractivity contribution in [3.63, 3.8) is 0 Å². The van der Waals surface area contributed by atoms with Crippen LogP contribution in [0.25, 0.3) is 0 Å². The lowest BCUT2D eigenvalue weighted by Crippen LogP contribution is -2.38. The minimum absolute atomic E-state index is 0.0479. The van der Waals surface area contributed by atoms with Gasteiger partial charge in [-0.2, -0.15) is 0 Å². The van der Waals surface area contributed by atoms with Gasteiger partial charge in [0.25, 0.3) is 5.91 Å². The van der Waals surface area contributed by atoms with Gasteiger partial charge in [0, 0.05) is 12.6 Å². The molecule has 2 rings (SSSR count). The number of para-hydroxylation sites is 1. The third-order valence-electron chi connectivity index (χ3n) is 4.42. The fraction of sp³-hybridized carbons (Fsp3) is 0.526. The molecule has 1 fully saturated rings. The van der Waals surface area contributed by atoms with Gasteiger partial charge in [-0.1, -0.05) is 12.1 Å². The van der Waals surface area contributed by atoms with Crippen LogP contribution in [0, 0.1) is 5.92 Å². The number of esters is 1. The number of amides is 2. The molecule has 1 aromatic carbocycles. The zero-order valence-corrected chi connectivity index (χ0v) is 15.5. The minimum atomic E-state index is -0.419. The second-order valence-corrected chi connectivity index (χ2v) is 6.47. The second-order valence-electron chi connectivity index (χ2n) is 6.47. The van der Waals surface area contributed by atoms with Crippen molar-refractivity contribution >= 4 is 17.8 Å². The van der Waals surface area contributed by atoms with Crippen LogP contribution in [-0.4, -0.2) is 50.6 Å². The molecule has 0 aromatic heterocycles. The fourth-order valence-electron chi connectivity index (χ4n) is 2.94. The van der Waals surface area contributed by atoms with Crippen molar-refractivity contribution in [3.8, 4) is 5.75 Å². The van der Waals surface area contributed by atoms with Gasteiger partial charge in [0.15, 0.2) is 0 Å². The largest absolute Gasteiger partial charge is 0.493 e. The summed E-state index contributed by atoms with van der Waals surface area (Å²) in [4.78, 5) is 35.8. The average molecular weight is 377 g/mol. The highest BCUT2D eigenvalue weighted by Crippen LogP contribution is 2.20. The maximum Gasteiger partial charge on any atom is 0.306 e. The molecule has 2 amide bonds. The molecule has 1 heterocycles. The van der Waals surface area contributed by atoms with Crippen LogP contribution in [0.1, 0.15) is 36.0 Å². The molecule has 1 aliphatic rings. The number of benzene rings is 1. The monoisotopic (exact) mass is 377 g/mol. The molecule has 0 bridgehead atoms. The highest BCUT2D eigenvalue weighted by Gasteiger charge is 2.33. The lowest BCUT2D eigenvalue weighted by atomic mass is 10.0. The van der Waals surface area contributed by atoms with E-state index in [1.165, 1.54) is 7.11 Å². The topological polar surface area (TPSA) is 120 Å². The summed E-state index contributed by atoms with van der Waals surface area (Å²) in [6.45, 7) is 1.38. The SMILES string of the molecule is COC(=O)C[C@@H]1C[C@@H](CNC(=O)c2ccccc2OCCCCN)NC1=O. The van der Waals surface area contributed by atoms with Crippen molar-refractivity contribution in [3.05, 3.63) is 29.8 Å². The van der Waals surface area contributed by atoms with Crippen LogP contribution < -0.4 is 21.1 Å². The number of unbranched alkanes of at least 4 members (excludes halogenated alkanes) is 1. The summed E-state index contributed by atoms with van der Waals surface area (Å²) in [6, 6.07) is 6.81. The highest BCUT2D eigenvalue weighted by atomic mass is 16.5. The summed E-state index contributed by atoms with van der Waals surface area (Å²) in [5.74, 6) is -0.775. The molecule has 8 heteroatoms. The molecule has 1 saturated heterocycles. The maximum absolute atomic E-state index is 12.5. The van der Waals surface area contributed by atoms with E-state index in [1.54, 1.807) is 18.2 Å². The van der Waals surface area contributed by atoms with Crippen LogP contribution in [0.4, 0.5) is 0 Å². The molecule has 4 N–H and O–H groups in total. The summed E-state index contributed by atoms with van der Waals surface area (Å²) < 4.78 is 10.3.